The molecule has 8 heteroatoms. The first-order valence-electron chi connectivity index (χ1n) is 5.88. The average molecular weight is 353 g/mol. The van der Waals surface area contributed by atoms with E-state index in [2.05, 4.69) is 21.2 Å². The molecule has 0 saturated carbocycles. The molecule has 1 aromatic rings. The molecule has 2 amide bonds. The van der Waals surface area contributed by atoms with Crippen LogP contribution in [0.15, 0.2) is 22.7 Å². The Labute approximate surface area is 122 Å². The number of carbonyl (C=O) groups excluding carboxylic acids is 1. The molecular weight excluding hydrogens is 341 g/mol. The first-order chi connectivity index (χ1) is 9.36. The molecule has 1 heterocycles. The number of benzene rings is 1. The van der Waals surface area contributed by atoms with Gasteiger partial charge >= 0.3 is 12.2 Å². The number of halogens is 4. The van der Waals surface area contributed by atoms with E-state index >= 15 is 0 Å². The minimum atomic E-state index is -4.46. The highest BCUT2D eigenvalue weighted by atomic mass is 79.9. The lowest BCUT2D eigenvalue weighted by Gasteiger charge is -2.27. The van der Waals surface area contributed by atoms with Crippen molar-refractivity contribution in [1.82, 2.24) is 4.90 Å². The van der Waals surface area contributed by atoms with Gasteiger partial charge in [0.25, 0.3) is 0 Å². The van der Waals surface area contributed by atoms with E-state index in [1.54, 1.807) is 0 Å². The molecule has 4 nitrogen and oxygen atoms in total. The molecule has 0 radical (unpaired) electrons. The summed E-state index contributed by atoms with van der Waals surface area (Å²) in [6.45, 7) is 1.71. The van der Waals surface area contributed by atoms with Gasteiger partial charge in [-0.1, -0.05) is 15.9 Å². The summed E-state index contributed by atoms with van der Waals surface area (Å²) in [4.78, 5) is 13.4. The molecular formula is C12H12BrF3N2O2. The number of morpholine rings is 1. The largest absolute Gasteiger partial charge is 0.416 e. The lowest BCUT2D eigenvalue weighted by atomic mass is 10.2. The highest BCUT2D eigenvalue weighted by molar-refractivity contribution is 9.10. The van der Waals surface area contributed by atoms with E-state index in [-0.39, 0.29) is 10.2 Å². The van der Waals surface area contributed by atoms with E-state index in [1.165, 1.54) is 11.0 Å². The first-order valence-corrected chi connectivity index (χ1v) is 6.67. The van der Waals surface area contributed by atoms with Crippen LogP contribution < -0.4 is 5.32 Å². The maximum Gasteiger partial charge on any atom is 0.416 e. The maximum atomic E-state index is 12.7. The Morgan fingerprint density at radius 2 is 1.90 bits per heavy atom. The van der Waals surface area contributed by atoms with Crippen molar-refractivity contribution in [2.75, 3.05) is 31.6 Å². The Hall–Kier alpha value is -1.28. The van der Waals surface area contributed by atoms with Crippen molar-refractivity contribution in [3.63, 3.8) is 0 Å². The van der Waals surface area contributed by atoms with Gasteiger partial charge in [-0.2, -0.15) is 13.2 Å². The SMILES string of the molecule is O=C(Nc1cc(Br)cc(C(F)(F)F)c1)N1CCOCC1. The van der Waals surface area contributed by atoms with Crippen LogP contribution in [0.1, 0.15) is 5.56 Å². The van der Waals surface area contributed by atoms with Gasteiger partial charge < -0.3 is 15.0 Å². The van der Waals surface area contributed by atoms with Gasteiger partial charge in [-0.25, -0.2) is 4.79 Å². The van der Waals surface area contributed by atoms with Crippen molar-refractivity contribution >= 4 is 27.6 Å². The van der Waals surface area contributed by atoms with Crippen LogP contribution in [0.4, 0.5) is 23.7 Å². The molecule has 1 fully saturated rings. The zero-order valence-electron chi connectivity index (χ0n) is 10.3. The fourth-order valence-electron chi connectivity index (χ4n) is 1.79. The molecule has 1 aliphatic rings. The first kappa shape index (κ1) is 15.1. The monoisotopic (exact) mass is 352 g/mol. The van der Waals surface area contributed by atoms with Crippen molar-refractivity contribution in [1.29, 1.82) is 0 Å². The normalized spacial score (nSPS) is 16.1. The number of hydrogen-bond donors (Lipinski definition) is 1. The molecule has 0 aromatic heterocycles. The van der Waals surface area contributed by atoms with E-state index < -0.39 is 17.8 Å². The third-order valence-corrected chi connectivity index (χ3v) is 3.23. The minimum Gasteiger partial charge on any atom is -0.378 e. The Morgan fingerprint density at radius 1 is 1.25 bits per heavy atom. The number of ether oxygens (including phenoxy) is 1. The number of nitrogens with one attached hydrogen (secondary N) is 1. The number of rotatable bonds is 1. The Morgan fingerprint density at radius 3 is 2.50 bits per heavy atom. The highest BCUT2D eigenvalue weighted by Gasteiger charge is 2.31. The Bertz CT molecular complexity index is 502. The number of amides is 2. The smallest absolute Gasteiger partial charge is 0.378 e. The van der Waals surface area contributed by atoms with Gasteiger partial charge in [0, 0.05) is 23.2 Å². The van der Waals surface area contributed by atoms with Crippen LogP contribution in [0, 0.1) is 0 Å². The topological polar surface area (TPSA) is 41.6 Å². The predicted octanol–water partition coefficient (Wildman–Crippen LogP) is 3.33. The summed E-state index contributed by atoms with van der Waals surface area (Å²) in [7, 11) is 0. The van der Waals surface area contributed by atoms with E-state index in [4.69, 9.17) is 4.74 Å². The highest BCUT2D eigenvalue weighted by Crippen LogP contribution is 2.33. The van der Waals surface area contributed by atoms with Crippen LogP contribution in [0.3, 0.4) is 0 Å². The second-order valence-electron chi connectivity index (χ2n) is 4.26. The van der Waals surface area contributed by atoms with E-state index in [0.29, 0.717) is 26.3 Å². The van der Waals surface area contributed by atoms with Gasteiger partial charge in [-0.05, 0) is 18.2 Å². The summed E-state index contributed by atoms with van der Waals surface area (Å²) < 4.78 is 43.4. The summed E-state index contributed by atoms with van der Waals surface area (Å²) in [5, 5.41) is 2.47. The predicted molar refractivity (Wildman–Crippen MR) is 70.6 cm³/mol. The van der Waals surface area contributed by atoms with Crippen LogP contribution in [0.5, 0.6) is 0 Å². The number of nitrogens with zero attached hydrogens (tertiary/aromatic N) is 1. The van der Waals surface area contributed by atoms with Gasteiger partial charge in [0.15, 0.2) is 0 Å². The molecule has 20 heavy (non-hydrogen) atoms. The van der Waals surface area contributed by atoms with Crippen LogP contribution in [-0.4, -0.2) is 37.2 Å². The molecule has 1 aromatic carbocycles. The molecule has 0 atom stereocenters. The fraction of sp³-hybridized carbons (Fsp3) is 0.417. The van der Waals surface area contributed by atoms with Crippen LogP contribution in [0.25, 0.3) is 0 Å². The molecule has 0 aliphatic carbocycles. The maximum absolute atomic E-state index is 12.7. The third-order valence-electron chi connectivity index (χ3n) is 2.77. The summed E-state index contributed by atoms with van der Waals surface area (Å²) in [6, 6.07) is 2.86. The van der Waals surface area contributed by atoms with Crippen molar-refractivity contribution in [2.24, 2.45) is 0 Å². The molecule has 1 N–H and O–H groups in total. The minimum absolute atomic E-state index is 0.100. The summed E-state index contributed by atoms with van der Waals surface area (Å²) in [5.74, 6) is 0. The molecule has 1 aliphatic heterocycles. The molecule has 1 saturated heterocycles. The zero-order valence-corrected chi connectivity index (χ0v) is 11.9. The van der Waals surface area contributed by atoms with Crippen molar-refractivity contribution in [3.05, 3.63) is 28.2 Å². The van der Waals surface area contributed by atoms with Gasteiger partial charge in [-0.3, -0.25) is 0 Å². The summed E-state index contributed by atoms with van der Waals surface area (Å²) in [6.07, 6.45) is -4.46. The van der Waals surface area contributed by atoms with E-state index in [1.807, 2.05) is 0 Å². The van der Waals surface area contributed by atoms with Crippen LogP contribution in [0.2, 0.25) is 0 Å². The van der Waals surface area contributed by atoms with Crippen molar-refractivity contribution < 1.29 is 22.7 Å². The Balaban J connectivity index is 2.12. The molecule has 0 unspecified atom stereocenters. The van der Waals surface area contributed by atoms with Crippen LogP contribution >= 0.6 is 15.9 Å². The number of carbonyl (C=O) groups is 1. The molecule has 2 rings (SSSR count). The molecule has 0 bridgehead atoms. The van der Waals surface area contributed by atoms with Gasteiger partial charge in [0.05, 0.1) is 18.8 Å². The second-order valence-corrected chi connectivity index (χ2v) is 5.17. The van der Waals surface area contributed by atoms with Crippen LogP contribution in [-0.2, 0) is 10.9 Å². The summed E-state index contributed by atoms with van der Waals surface area (Å²) in [5.41, 5.74) is -0.715. The average Bonchev–Trinajstić information content (AvgIpc) is 2.38. The number of anilines is 1. The van der Waals surface area contributed by atoms with E-state index in [9.17, 15) is 18.0 Å². The quantitative estimate of drug-likeness (QED) is 0.842. The van der Waals surface area contributed by atoms with Gasteiger partial charge in [0.2, 0.25) is 0 Å². The number of hydrogen-bond acceptors (Lipinski definition) is 2. The summed E-state index contributed by atoms with van der Waals surface area (Å²) >= 11 is 3.01. The number of urea groups is 1. The number of alkyl halides is 3. The Kier molecular flexibility index (Phi) is 4.54. The van der Waals surface area contributed by atoms with E-state index in [0.717, 1.165) is 12.1 Å². The lowest BCUT2D eigenvalue weighted by molar-refractivity contribution is -0.137. The van der Waals surface area contributed by atoms with Crippen molar-refractivity contribution in [3.8, 4) is 0 Å². The molecule has 110 valence electrons. The van der Waals surface area contributed by atoms with Gasteiger partial charge in [-0.15, -0.1) is 0 Å². The zero-order chi connectivity index (χ0) is 14.8. The fourth-order valence-corrected chi connectivity index (χ4v) is 2.29. The third kappa shape index (κ3) is 3.86. The van der Waals surface area contributed by atoms with Gasteiger partial charge in [0.1, 0.15) is 0 Å². The standard InChI is InChI=1S/C12H12BrF3N2O2/c13-9-5-8(12(14,15)16)6-10(7-9)17-11(19)18-1-3-20-4-2-18/h5-7H,1-4H2,(H,17,19). The second kappa shape index (κ2) is 6.01. The van der Waals surface area contributed by atoms with Crippen molar-refractivity contribution in [2.45, 2.75) is 6.18 Å². The lowest BCUT2D eigenvalue weighted by Crippen LogP contribution is -2.43. The molecule has 0 spiro atoms.